The maximum absolute atomic E-state index is 12.7. The predicted molar refractivity (Wildman–Crippen MR) is 81.1 cm³/mol. The van der Waals surface area contributed by atoms with Crippen LogP contribution in [0.2, 0.25) is 0 Å². The number of aliphatic carboxylic acids is 1. The van der Waals surface area contributed by atoms with E-state index in [0.717, 1.165) is 24.0 Å². The SMILES string of the molecule is O=C(O)CC1CC2(C1)CN(S(=O)(=O)c1ccc3c(c1)COC3)C2. The molecule has 0 atom stereocenters. The Kier molecular flexibility index (Phi) is 3.30. The van der Waals surface area contributed by atoms with Crippen molar-refractivity contribution in [1.82, 2.24) is 4.31 Å². The molecule has 1 saturated heterocycles. The molecule has 1 N–H and O–H groups in total. The predicted octanol–water partition coefficient (Wildman–Crippen LogP) is 1.59. The molecule has 0 unspecified atom stereocenters. The Morgan fingerprint density at radius 2 is 1.96 bits per heavy atom. The lowest BCUT2D eigenvalue weighted by Crippen LogP contribution is -2.63. The molecule has 0 bridgehead atoms. The number of sulfonamides is 1. The number of nitrogens with zero attached hydrogens (tertiary/aromatic N) is 1. The zero-order valence-corrected chi connectivity index (χ0v) is 13.5. The lowest BCUT2D eigenvalue weighted by Gasteiger charge is -2.58. The third-order valence-corrected chi connectivity index (χ3v) is 7.05. The molecule has 2 heterocycles. The fourth-order valence-corrected chi connectivity index (χ4v) is 5.86. The summed E-state index contributed by atoms with van der Waals surface area (Å²) in [5.41, 5.74) is 2.03. The smallest absolute Gasteiger partial charge is 0.303 e. The largest absolute Gasteiger partial charge is 0.481 e. The number of carbonyl (C=O) groups is 1. The van der Waals surface area contributed by atoms with E-state index in [2.05, 4.69) is 0 Å². The van der Waals surface area contributed by atoms with Gasteiger partial charge < -0.3 is 9.84 Å². The van der Waals surface area contributed by atoms with Crippen LogP contribution < -0.4 is 0 Å². The summed E-state index contributed by atoms with van der Waals surface area (Å²) in [6, 6.07) is 5.20. The molecular weight excluding hydrogens is 318 g/mol. The highest BCUT2D eigenvalue weighted by atomic mass is 32.2. The highest BCUT2D eigenvalue weighted by Crippen LogP contribution is 2.54. The summed E-state index contributed by atoms with van der Waals surface area (Å²) in [6.45, 7) is 2.05. The molecule has 1 aliphatic carbocycles. The highest BCUT2D eigenvalue weighted by Gasteiger charge is 2.55. The number of ether oxygens (including phenoxy) is 1. The first-order valence-electron chi connectivity index (χ1n) is 7.80. The topological polar surface area (TPSA) is 83.9 Å². The zero-order chi connectivity index (χ0) is 16.2. The molecule has 2 aliphatic heterocycles. The normalized spacial score (nSPS) is 23.3. The van der Waals surface area contributed by atoms with Crippen LogP contribution in [0.25, 0.3) is 0 Å². The van der Waals surface area contributed by atoms with Gasteiger partial charge in [-0.15, -0.1) is 0 Å². The Bertz CT molecular complexity index is 759. The third-order valence-electron chi connectivity index (χ3n) is 5.26. The van der Waals surface area contributed by atoms with Crippen molar-refractivity contribution >= 4 is 16.0 Å². The van der Waals surface area contributed by atoms with Crippen molar-refractivity contribution in [3.05, 3.63) is 29.3 Å². The number of rotatable bonds is 4. The van der Waals surface area contributed by atoms with E-state index in [9.17, 15) is 13.2 Å². The lowest BCUT2D eigenvalue weighted by molar-refractivity contribution is -0.142. The molecule has 1 saturated carbocycles. The van der Waals surface area contributed by atoms with Gasteiger partial charge in [-0.05, 0) is 47.4 Å². The minimum Gasteiger partial charge on any atom is -0.481 e. The van der Waals surface area contributed by atoms with Crippen molar-refractivity contribution in [2.45, 2.75) is 37.4 Å². The molecule has 4 rings (SSSR count). The van der Waals surface area contributed by atoms with E-state index in [1.807, 2.05) is 6.07 Å². The van der Waals surface area contributed by atoms with Gasteiger partial charge in [-0.1, -0.05) is 6.07 Å². The fraction of sp³-hybridized carbons (Fsp3) is 0.562. The molecule has 23 heavy (non-hydrogen) atoms. The second-order valence-corrected chi connectivity index (χ2v) is 9.01. The summed E-state index contributed by atoms with van der Waals surface area (Å²) in [5, 5.41) is 8.80. The van der Waals surface area contributed by atoms with Crippen LogP contribution in [0.4, 0.5) is 0 Å². The first-order valence-corrected chi connectivity index (χ1v) is 9.24. The minimum absolute atomic E-state index is 0.0209. The van der Waals surface area contributed by atoms with Crippen LogP contribution >= 0.6 is 0 Å². The van der Waals surface area contributed by atoms with Crippen molar-refractivity contribution in [2.24, 2.45) is 11.3 Å². The Balaban J connectivity index is 1.43. The molecule has 1 aromatic rings. The standard InChI is InChI=1S/C16H19NO5S/c18-15(19)3-11-5-16(6-11)9-17(10-16)23(20,21)14-2-1-12-7-22-8-13(12)4-14/h1-2,4,11H,3,5-10H2,(H,18,19). The Morgan fingerprint density at radius 1 is 1.26 bits per heavy atom. The quantitative estimate of drug-likeness (QED) is 0.902. The van der Waals surface area contributed by atoms with E-state index in [0.29, 0.717) is 31.2 Å². The summed E-state index contributed by atoms with van der Waals surface area (Å²) in [7, 11) is -3.45. The molecule has 6 nitrogen and oxygen atoms in total. The maximum atomic E-state index is 12.7. The van der Waals surface area contributed by atoms with E-state index in [4.69, 9.17) is 9.84 Å². The first kappa shape index (κ1) is 15.1. The summed E-state index contributed by atoms with van der Waals surface area (Å²) in [6.07, 6.45) is 1.84. The van der Waals surface area contributed by atoms with Gasteiger partial charge >= 0.3 is 5.97 Å². The van der Waals surface area contributed by atoms with E-state index in [-0.39, 0.29) is 17.8 Å². The molecular formula is C16H19NO5S. The van der Waals surface area contributed by atoms with Gasteiger partial charge in [0, 0.05) is 19.5 Å². The second-order valence-electron chi connectivity index (χ2n) is 7.07. The van der Waals surface area contributed by atoms with Gasteiger partial charge in [0.1, 0.15) is 0 Å². The molecule has 0 aromatic heterocycles. The first-order chi connectivity index (χ1) is 10.9. The van der Waals surface area contributed by atoms with E-state index in [1.54, 1.807) is 12.1 Å². The van der Waals surface area contributed by atoms with Crippen molar-refractivity contribution in [1.29, 1.82) is 0 Å². The van der Waals surface area contributed by atoms with E-state index < -0.39 is 16.0 Å². The molecule has 124 valence electrons. The van der Waals surface area contributed by atoms with Crippen LogP contribution in [0.15, 0.2) is 23.1 Å². The zero-order valence-electron chi connectivity index (χ0n) is 12.7. The van der Waals surface area contributed by atoms with Crippen LogP contribution in [-0.4, -0.2) is 36.9 Å². The van der Waals surface area contributed by atoms with Gasteiger partial charge in [0.05, 0.1) is 18.1 Å². The number of hydrogen-bond donors (Lipinski definition) is 1. The fourth-order valence-electron chi connectivity index (χ4n) is 4.14. The van der Waals surface area contributed by atoms with Gasteiger partial charge in [-0.2, -0.15) is 4.31 Å². The van der Waals surface area contributed by atoms with Crippen LogP contribution in [0.5, 0.6) is 0 Å². The van der Waals surface area contributed by atoms with E-state index in [1.165, 1.54) is 4.31 Å². The van der Waals surface area contributed by atoms with Crippen molar-refractivity contribution < 1.29 is 23.1 Å². The van der Waals surface area contributed by atoms with Crippen LogP contribution in [0.1, 0.15) is 30.4 Å². The Labute approximate surface area is 135 Å². The average molecular weight is 337 g/mol. The monoisotopic (exact) mass is 337 g/mol. The molecule has 1 spiro atoms. The third kappa shape index (κ3) is 2.47. The number of fused-ring (bicyclic) bond motifs is 1. The van der Waals surface area contributed by atoms with Gasteiger partial charge in [-0.3, -0.25) is 4.79 Å². The Hall–Kier alpha value is -1.44. The van der Waals surface area contributed by atoms with Crippen LogP contribution in [0, 0.1) is 11.3 Å². The lowest BCUT2D eigenvalue weighted by atomic mass is 9.58. The summed E-state index contributed by atoms with van der Waals surface area (Å²) in [5.74, 6) is -0.566. The van der Waals surface area contributed by atoms with Gasteiger partial charge in [0.15, 0.2) is 0 Å². The number of benzene rings is 1. The highest BCUT2D eigenvalue weighted by molar-refractivity contribution is 7.89. The van der Waals surface area contributed by atoms with Crippen molar-refractivity contribution in [2.75, 3.05) is 13.1 Å². The molecule has 0 radical (unpaired) electrons. The summed E-state index contributed by atoms with van der Waals surface area (Å²) in [4.78, 5) is 11.0. The summed E-state index contributed by atoms with van der Waals surface area (Å²) >= 11 is 0. The summed E-state index contributed by atoms with van der Waals surface area (Å²) < 4.78 is 32.2. The molecule has 0 amide bonds. The minimum atomic E-state index is -3.45. The van der Waals surface area contributed by atoms with Crippen LogP contribution in [0.3, 0.4) is 0 Å². The van der Waals surface area contributed by atoms with Gasteiger partial charge in [0.25, 0.3) is 0 Å². The van der Waals surface area contributed by atoms with E-state index >= 15 is 0 Å². The van der Waals surface area contributed by atoms with Crippen molar-refractivity contribution in [3.8, 4) is 0 Å². The number of carboxylic acid groups (broad SMARTS) is 1. The molecule has 3 aliphatic rings. The Morgan fingerprint density at radius 3 is 2.65 bits per heavy atom. The van der Waals surface area contributed by atoms with Crippen molar-refractivity contribution in [3.63, 3.8) is 0 Å². The van der Waals surface area contributed by atoms with Crippen LogP contribution in [-0.2, 0) is 32.8 Å². The number of carboxylic acids is 1. The van der Waals surface area contributed by atoms with Gasteiger partial charge in [-0.25, -0.2) is 8.42 Å². The molecule has 1 aromatic carbocycles. The maximum Gasteiger partial charge on any atom is 0.303 e. The molecule has 2 fully saturated rings. The second kappa shape index (κ2) is 5.03. The van der Waals surface area contributed by atoms with Gasteiger partial charge in [0.2, 0.25) is 10.0 Å². The number of hydrogen-bond acceptors (Lipinski definition) is 4. The molecule has 7 heteroatoms. The average Bonchev–Trinajstić information content (AvgIpc) is 2.86.